The van der Waals surface area contributed by atoms with Crippen LogP contribution in [0.5, 0.6) is 0 Å². The summed E-state index contributed by atoms with van der Waals surface area (Å²) in [5.74, 6) is -2.85. The molecule has 0 aromatic carbocycles. The van der Waals surface area contributed by atoms with Crippen molar-refractivity contribution in [2.24, 2.45) is 11.8 Å². The minimum Gasteiger partial charge on any atom is -0.352 e. The molecule has 0 atom stereocenters. The maximum atomic E-state index is 12.8. The summed E-state index contributed by atoms with van der Waals surface area (Å²) in [6.07, 6.45) is 5.00. The predicted octanol–water partition coefficient (Wildman–Crippen LogP) is 1.81. The average molecular weight is 377 g/mol. The maximum absolute atomic E-state index is 12.8. The van der Waals surface area contributed by atoms with Gasteiger partial charge in [0, 0.05) is 31.7 Å². The smallest absolute Gasteiger partial charge is 0.248 e. The van der Waals surface area contributed by atoms with E-state index < -0.39 is 5.92 Å². The first-order valence-electron chi connectivity index (χ1n) is 9.13. The highest BCUT2D eigenvalue weighted by atomic mass is 19.3. The third-order valence-electron chi connectivity index (χ3n) is 4.96. The van der Waals surface area contributed by atoms with E-state index in [1.54, 1.807) is 23.0 Å². The first kappa shape index (κ1) is 17.8. The second-order valence-electron chi connectivity index (χ2n) is 7.50. The number of carbonyl (C=O) groups excluding carboxylic acids is 2. The quantitative estimate of drug-likeness (QED) is 0.770. The largest absolute Gasteiger partial charge is 0.352 e. The Hall–Kier alpha value is -2.58. The number of fused-ring (bicyclic) bond motifs is 1. The molecule has 144 valence electrons. The molecule has 2 aromatic rings. The van der Waals surface area contributed by atoms with Crippen molar-refractivity contribution in [1.29, 1.82) is 0 Å². The van der Waals surface area contributed by atoms with Crippen LogP contribution in [-0.4, -0.2) is 32.3 Å². The van der Waals surface area contributed by atoms with Crippen LogP contribution < -0.4 is 10.6 Å². The van der Waals surface area contributed by atoms with Crippen molar-refractivity contribution in [3.63, 3.8) is 0 Å². The van der Waals surface area contributed by atoms with Crippen molar-refractivity contribution in [2.45, 2.75) is 51.1 Å². The highest BCUT2D eigenvalue weighted by Crippen LogP contribution is 2.43. The number of rotatable bonds is 7. The zero-order chi connectivity index (χ0) is 19.0. The first-order chi connectivity index (χ1) is 12.9. The molecule has 0 saturated heterocycles. The normalized spacial score (nSPS) is 18.9. The number of amides is 2. The molecule has 2 aliphatic carbocycles. The third-order valence-corrected chi connectivity index (χ3v) is 4.96. The number of nitrogens with zero attached hydrogens (tertiary/aromatic N) is 3. The second kappa shape index (κ2) is 6.86. The van der Waals surface area contributed by atoms with E-state index in [4.69, 9.17) is 0 Å². The van der Waals surface area contributed by atoms with Crippen molar-refractivity contribution in [2.75, 3.05) is 0 Å². The second-order valence-corrected chi connectivity index (χ2v) is 7.50. The molecule has 2 fully saturated rings. The number of hydrogen-bond donors (Lipinski definition) is 2. The van der Waals surface area contributed by atoms with Gasteiger partial charge in [-0.25, -0.2) is 18.3 Å². The highest BCUT2D eigenvalue weighted by molar-refractivity contribution is 5.80. The van der Waals surface area contributed by atoms with Gasteiger partial charge in [0.15, 0.2) is 5.65 Å². The van der Waals surface area contributed by atoms with Gasteiger partial charge in [0.2, 0.25) is 17.7 Å². The Morgan fingerprint density at radius 3 is 2.70 bits per heavy atom. The van der Waals surface area contributed by atoms with Crippen molar-refractivity contribution < 1.29 is 18.4 Å². The Kier molecular flexibility index (Phi) is 4.53. The van der Waals surface area contributed by atoms with Crippen molar-refractivity contribution >= 4 is 17.5 Å². The number of carbonyl (C=O) groups is 2. The fraction of sp³-hybridized carbons (Fsp3) is 0.556. The summed E-state index contributed by atoms with van der Waals surface area (Å²) in [5.41, 5.74) is 2.11. The molecule has 2 amide bonds. The standard InChI is InChI=1S/C18H21F2N5O2/c19-18(20)5-11(6-18)4-16(26)21-7-12-3-15-24-14(10-25(15)23-8-12)9-22-17(27)13-1-2-13/h3,8,10-11,13H,1-2,4-7,9H2,(H,21,26)(H,22,27). The Morgan fingerprint density at radius 1 is 1.22 bits per heavy atom. The molecule has 9 heteroatoms. The summed E-state index contributed by atoms with van der Waals surface area (Å²) in [6, 6.07) is 1.80. The number of aromatic nitrogens is 3. The molecule has 0 aliphatic heterocycles. The van der Waals surface area contributed by atoms with Crippen LogP contribution in [0.1, 0.15) is 43.4 Å². The number of hydrogen-bond acceptors (Lipinski definition) is 4. The van der Waals surface area contributed by atoms with Crippen LogP contribution >= 0.6 is 0 Å². The lowest BCUT2D eigenvalue weighted by Gasteiger charge is -2.34. The van der Waals surface area contributed by atoms with E-state index in [9.17, 15) is 18.4 Å². The molecule has 0 spiro atoms. The van der Waals surface area contributed by atoms with Gasteiger partial charge in [-0.3, -0.25) is 9.59 Å². The highest BCUT2D eigenvalue weighted by Gasteiger charge is 2.45. The molecule has 0 radical (unpaired) electrons. The lowest BCUT2D eigenvalue weighted by molar-refractivity contribution is -0.133. The van der Waals surface area contributed by atoms with E-state index in [0.717, 1.165) is 18.4 Å². The molecule has 2 aromatic heterocycles. The molecule has 2 saturated carbocycles. The Labute approximate surface area is 154 Å². The Bertz CT molecular complexity index is 870. The van der Waals surface area contributed by atoms with Crippen molar-refractivity contribution in [3.05, 3.63) is 29.7 Å². The average Bonchev–Trinajstić information content (AvgIpc) is 3.36. The van der Waals surface area contributed by atoms with E-state index in [2.05, 4.69) is 20.7 Å². The summed E-state index contributed by atoms with van der Waals surface area (Å²) in [6.45, 7) is 0.628. The molecule has 2 N–H and O–H groups in total. The fourth-order valence-corrected chi connectivity index (χ4v) is 3.28. The van der Waals surface area contributed by atoms with Crippen molar-refractivity contribution in [1.82, 2.24) is 25.2 Å². The van der Waals surface area contributed by atoms with E-state index in [1.807, 2.05) is 0 Å². The fourth-order valence-electron chi connectivity index (χ4n) is 3.28. The molecule has 7 nitrogen and oxygen atoms in total. The molecule has 27 heavy (non-hydrogen) atoms. The Balaban J connectivity index is 1.28. The van der Waals surface area contributed by atoms with Gasteiger partial charge in [-0.15, -0.1) is 0 Å². The Morgan fingerprint density at radius 2 is 2.00 bits per heavy atom. The SMILES string of the molecule is O=C(CC1CC(F)(F)C1)NCc1cnn2cc(CNC(=O)C3CC3)nc2c1. The number of nitrogens with one attached hydrogen (secondary N) is 2. The zero-order valence-corrected chi connectivity index (χ0v) is 14.8. The van der Waals surface area contributed by atoms with Gasteiger partial charge >= 0.3 is 0 Å². The van der Waals surface area contributed by atoms with Gasteiger partial charge in [0.25, 0.3) is 0 Å². The van der Waals surface area contributed by atoms with E-state index in [1.165, 1.54) is 0 Å². The van der Waals surface area contributed by atoms with E-state index >= 15 is 0 Å². The van der Waals surface area contributed by atoms with Crippen LogP contribution in [0.15, 0.2) is 18.5 Å². The van der Waals surface area contributed by atoms with Gasteiger partial charge in [-0.2, -0.15) is 5.10 Å². The van der Waals surface area contributed by atoms with E-state index in [-0.39, 0.29) is 49.5 Å². The maximum Gasteiger partial charge on any atom is 0.248 e. The van der Waals surface area contributed by atoms with Crippen LogP contribution in [0, 0.1) is 11.8 Å². The summed E-state index contributed by atoms with van der Waals surface area (Å²) in [7, 11) is 0. The van der Waals surface area contributed by atoms with Crippen molar-refractivity contribution in [3.8, 4) is 0 Å². The predicted molar refractivity (Wildman–Crippen MR) is 91.7 cm³/mol. The van der Waals surface area contributed by atoms with Crippen LogP contribution in [0.4, 0.5) is 8.78 Å². The number of imidazole rings is 1. The van der Waals surface area contributed by atoms with Gasteiger partial charge < -0.3 is 10.6 Å². The van der Waals surface area contributed by atoms with Crippen LogP contribution in [-0.2, 0) is 22.7 Å². The van der Waals surface area contributed by atoms with Crippen LogP contribution in [0.2, 0.25) is 0 Å². The number of halogens is 2. The van der Waals surface area contributed by atoms with Gasteiger partial charge in [0.05, 0.1) is 24.6 Å². The molecular weight excluding hydrogens is 356 g/mol. The summed E-state index contributed by atoms with van der Waals surface area (Å²) < 4.78 is 27.2. The summed E-state index contributed by atoms with van der Waals surface area (Å²) >= 11 is 0. The van der Waals surface area contributed by atoms with Crippen LogP contribution in [0.3, 0.4) is 0 Å². The van der Waals surface area contributed by atoms with E-state index in [0.29, 0.717) is 17.9 Å². The summed E-state index contributed by atoms with van der Waals surface area (Å²) in [5, 5.41) is 9.85. The van der Waals surface area contributed by atoms with Gasteiger partial charge in [-0.1, -0.05) is 0 Å². The molecule has 2 aliphatic rings. The monoisotopic (exact) mass is 377 g/mol. The summed E-state index contributed by atoms with van der Waals surface area (Å²) in [4.78, 5) is 28.0. The third kappa shape index (κ3) is 4.40. The molecular formula is C18H21F2N5O2. The topological polar surface area (TPSA) is 88.4 Å². The van der Waals surface area contributed by atoms with Gasteiger partial charge in [-0.05, 0) is 30.4 Å². The van der Waals surface area contributed by atoms with Gasteiger partial charge in [0.1, 0.15) is 0 Å². The minimum absolute atomic E-state index is 0.0626. The minimum atomic E-state index is -2.60. The lowest BCUT2D eigenvalue weighted by Crippen LogP contribution is -2.38. The molecule has 4 rings (SSSR count). The van der Waals surface area contributed by atoms with Crippen LogP contribution in [0.25, 0.3) is 5.65 Å². The first-order valence-corrected chi connectivity index (χ1v) is 9.13. The molecule has 2 heterocycles. The lowest BCUT2D eigenvalue weighted by atomic mass is 9.79. The molecule has 0 unspecified atom stereocenters. The number of alkyl halides is 2. The molecule has 0 bridgehead atoms. The zero-order valence-electron chi connectivity index (χ0n) is 14.8.